The molecule has 2 aromatic rings. The zero-order chi connectivity index (χ0) is 18.3. The number of urea groups is 1. The summed E-state index contributed by atoms with van der Waals surface area (Å²) in [5.74, 6) is -1.28. The van der Waals surface area contributed by atoms with Gasteiger partial charge in [-0.15, -0.1) is 0 Å². The number of likely N-dealkylation sites (N-methyl/N-ethyl adjacent to an activating group) is 1. The Labute approximate surface area is 158 Å². The van der Waals surface area contributed by atoms with Crippen LogP contribution >= 0.6 is 22.6 Å². The average Bonchev–Trinajstić information content (AvgIpc) is 2.83. The van der Waals surface area contributed by atoms with Crippen LogP contribution in [0.2, 0.25) is 0 Å². The highest BCUT2D eigenvalue weighted by atomic mass is 127. The molecule has 128 valence electrons. The van der Waals surface area contributed by atoms with Gasteiger partial charge in [0.05, 0.1) is 0 Å². The third-order valence-corrected chi connectivity index (χ3v) is 4.81. The Morgan fingerprint density at radius 2 is 1.84 bits per heavy atom. The smallest absolute Gasteiger partial charge is 0.318 e. The van der Waals surface area contributed by atoms with Crippen molar-refractivity contribution in [1.82, 2.24) is 14.8 Å². The second-order valence-corrected chi connectivity index (χ2v) is 7.07. The maximum atomic E-state index is 12.2. The molecule has 7 heteroatoms. The lowest BCUT2D eigenvalue weighted by Crippen LogP contribution is -2.52. The summed E-state index contributed by atoms with van der Waals surface area (Å²) in [5, 5.41) is 2.16. The largest absolute Gasteiger partial charge is 0.331 e. The molecule has 3 rings (SSSR count). The third-order valence-electron chi connectivity index (χ3n) is 4.14. The van der Waals surface area contributed by atoms with Crippen molar-refractivity contribution in [3.8, 4) is 5.69 Å². The molecular formula is C18H16IN3O3. The van der Waals surface area contributed by atoms with Gasteiger partial charge in [-0.3, -0.25) is 19.8 Å². The summed E-state index contributed by atoms with van der Waals surface area (Å²) in [6.45, 7) is 3.90. The van der Waals surface area contributed by atoms with E-state index in [1.54, 1.807) is 0 Å². The minimum absolute atomic E-state index is 0.0509. The van der Waals surface area contributed by atoms with Crippen LogP contribution in [-0.4, -0.2) is 34.4 Å². The summed E-state index contributed by atoms with van der Waals surface area (Å²) in [5.41, 5.74) is 3.62. The predicted octanol–water partition coefficient (Wildman–Crippen LogP) is 2.79. The van der Waals surface area contributed by atoms with Crippen LogP contribution in [-0.2, 0) is 9.59 Å². The minimum atomic E-state index is -0.712. The monoisotopic (exact) mass is 449 g/mol. The van der Waals surface area contributed by atoms with Crippen LogP contribution in [0.25, 0.3) is 11.8 Å². The molecule has 0 radical (unpaired) electrons. The average molecular weight is 449 g/mol. The van der Waals surface area contributed by atoms with E-state index in [1.165, 1.54) is 13.1 Å². The van der Waals surface area contributed by atoms with Crippen molar-refractivity contribution in [2.45, 2.75) is 13.8 Å². The van der Waals surface area contributed by atoms with E-state index in [2.05, 4.69) is 38.5 Å². The van der Waals surface area contributed by atoms with Gasteiger partial charge < -0.3 is 4.57 Å². The molecule has 0 atom stereocenters. The fourth-order valence-corrected chi connectivity index (χ4v) is 3.37. The van der Waals surface area contributed by atoms with E-state index < -0.39 is 17.8 Å². The maximum absolute atomic E-state index is 12.2. The number of barbiturate groups is 1. The highest BCUT2D eigenvalue weighted by Crippen LogP contribution is 2.24. The number of nitrogens with zero attached hydrogens (tertiary/aromatic N) is 2. The van der Waals surface area contributed by atoms with Gasteiger partial charge >= 0.3 is 6.03 Å². The van der Waals surface area contributed by atoms with E-state index in [4.69, 9.17) is 0 Å². The van der Waals surface area contributed by atoms with Crippen molar-refractivity contribution >= 4 is 46.5 Å². The molecule has 25 heavy (non-hydrogen) atoms. The lowest BCUT2D eigenvalue weighted by atomic mass is 10.1. The summed E-state index contributed by atoms with van der Waals surface area (Å²) in [6.07, 6.45) is 1.54. The van der Waals surface area contributed by atoms with Gasteiger partial charge in [-0.2, -0.15) is 0 Å². The zero-order valence-corrected chi connectivity index (χ0v) is 16.1. The fourth-order valence-electron chi connectivity index (χ4n) is 2.85. The number of rotatable bonds is 2. The predicted molar refractivity (Wildman–Crippen MR) is 102 cm³/mol. The van der Waals surface area contributed by atoms with Gasteiger partial charge in [0.25, 0.3) is 11.8 Å². The van der Waals surface area contributed by atoms with E-state index in [1.807, 2.05) is 38.1 Å². The lowest BCUT2D eigenvalue weighted by molar-refractivity contribution is -0.129. The van der Waals surface area contributed by atoms with E-state index in [0.29, 0.717) is 0 Å². The number of carbonyl (C=O) groups is 3. The number of imide groups is 2. The first-order valence-corrected chi connectivity index (χ1v) is 8.67. The number of aryl methyl sites for hydroxylation is 1. The van der Waals surface area contributed by atoms with Crippen LogP contribution in [0.15, 0.2) is 35.9 Å². The Kier molecular flexibility index (Phi) is 4.51. The topological polar surface area (TPSA) is 71.4 Å². The van der Waals surface area contributed by atoms with E-state index >= 15 is 0 Å². The molecule has 2 heterocycles. The van der Waals surface area contributed by atoms with Gasteiger partial charge in [0, 0.05) is 27.7 Å². The normalized spacial score (nSPS) is 16.6. The van der Waals surface area contributed by atoms with Crippen LogP contribution in [0.4, 0.5) is 4.79 Å². The fraction of sp³-hybridized carbons (Fsp3) is 0.167. The zero-order valence-electron chi connectivity index (χ0n) is 14.0. The second-order valence-electron chi connectivity index (χ2n) is 5.82. The Morgan fingerprint density at radius 3 is 2.52 bits per heavy atom. The van der Waals surface area contributed by atoms with E-state index in [0.717, 1.165) is 31.1 Å². The number of nitrogens with one attached hydrogen (secondary N) is 1. The van der Waals surface area contributed by atoms with Gasteiger partial charge in [0.1, 0.15) is 5.57 Å². The molecule has 0 aliphatic carbocycles. The lowest BCUT2D eigenvalue weighted by Gasteiger charge is -2.22. The number of hydrogen-bond donors (Lipinski definition) is 1. The molecule has 0 unspecified atom stereocenters. The molecule has 1 aliphatic heterocycles. The van der Waals surface area contributed by atoms with Gasteiger partial charge in [0.2, 0.25) is 0 Å². The molecule has 1 saturated heterocycles. The van der Waals surface area contributed by atoms with Crippen LogP contribution in [0.3, 0.4) is 0 Å². The summed E-state index contributed by atoms with van der Waals surface area (Å²) < 4.78 is 3.18. The first-order valence-electron chi connectivity index (χ1n) is 7.59. The van der Waals surface area contributed by atoms with Crippen molar-refractivity contribution in [2.24, 2.45) is 0 Å². The maximum Gasteiger partial charge on any atom is 0.331 e. The summed E-state index contributed by atoms with van der Waals surface area (Å²) in [4.78, 5) is 36.7. The van der Waals surface area contributed by atoms with Crippen LogP contribution in [0, 0.1) is 17.4 Å². The molecule has 6 nitrogen and oxygen atoms in total. The number of carbonyl (C=O) groups excluding carboxylic acids is 3. The van der Waals surface area contributed by atoms with E-state index in [9.17, 15) is 14.4 Å². The number of halogens is 1. The van der Waals surface area contributed by atoms with Crippen LogP contribution in [0.5, 0.6) is 0 Å². The number of benzene rings is 1. The molecule has 1 aromatic heterocycles. The molecule has 1 N–H and O–H groups in total. The number of aromatic nitrogens is 1. The molecule has 1 aromatic carbocycles. The molecule has 4 amide bonds. The molecule has 1 aliphatic rings. The Morgan fingerprint density at radius 1 is 1.12 bits per heavy atom. The quantitative estimate of drug-likeness (QED) is 0.436. The van der Waals surface area contributed by atoms with Crippen molar-refractivity contribution in [3.05, 3.63) is 56.4 Å². The highest BCUT2D eigenvalue weighted by Gasteiger charge is 2.33. The number of amides is 4. The van der Waals surface area contributed by atoms with Gasteiger partial charge in [-0.1, -0.05) is 6.07 Å². The van der Waals surface area contributed by atoms with Gasteiger partial charge in [-0.25, -0.2) is 4.79 Å². The van der Waals surface area contributed by atoms with Crippen molar-refractivity contribution in [1.29, 1.82) is 0 Å². The summed E-state index contributed by atoms with van der Waals surface area (Å²) >= 11 is 2.26. The van der Waals surface area contributed by atoms with Crippen molar-refractivity contribution in [3.63, 3.8) is 0 Å². The SMILES string of the molecule is Cc1cc(C=C2C(=O)NC(=O)N(C)C2=O)c(C)n1-c1cccc(I)c1. The standard InChI is InChI=1S/C18H16IN3O3/c1-10-7-12(8-15-16(23)20-18(25)21(3)17(15)24)11(2)22(10)14-6-4-5-13(19)9-14/h4-9H,1-3H3,(H,20,23,25). The van der Waals surface area contributed by atoms with Crippen LogP contribution < -0.4 is 5.32 Å². The first kappa shape index (κ1) is 17.4. The van der Waals surface area contributed by atoms with Crippen LogP contribution in [0.1, 0.15) is 17.0 Å². The molecule has 0 spiro atoms. The molecule has 1 fully saturated rings. The van der Waals surface area contributed by atoms with Gasteiger partial charge in [0.15, 0.2) is 0 Å². The third kappa shape index (κ3) is 3.11. The Balaban J connectivity index is 2.08. The van der Waals surface area contributed by atoms with E-state index in [-0.39, 0.29) is 5.57 Å². The minimum Gasteiger partial charge on any atom is -0.318 e. The first-order chi connectivity index (χ1) is 11.8. The number of hydrogen-bond acceptors (Lipinski definition) is 3. The molecule has 0 saturated carbocycles. The Hall–Kier alpha value is -2.42. The second kappa shape index (κ2) is 6.47. The summed E-state index contributed by atoms with van der Waals surface area (Å²) in [6, 6.07) is 9.26. The summed E-state index contributed by atoms with van der Waals surface area (Å²) in [7, 11) is 1.34. The molecule has 0 bridgehead atoms. The van der Waals surface area contributed by atoms with Crippen molar-refractivity contribution < 1.29 is 14.4 Å². The Bertz CT molecular complexity index is 943. The van der Waals surface area contributed by atoms with Gasteiger partial charge in [-0.05, 0) is 72.3 Å². The highest BCUT2D eigenvalue weighted by molar-refractivity contribution is 14.1. The molecular weight excluding hydrogens is 433 g/mol. The van der Waals surface area contributed by atoms with Crippen molar-refractivity contribution in [2.75, 3.05) is 7.05 Å².